The first kappa shape index (κ1) is 16.7. The predicted octanol–water partition coefficient (Wildman–Crippen LogP) is 1.60. The Morgan fingerprint density at radius 1 is 1.28 bits per heavy atom. The third-order valence-electron chi connectivity index (χ3n) is 2.50. The third-order valence-corrected chi connectivity index (χ3v) is 2.50. The molecule has 5 heteroatoms. The van der Waals surface area contributed by atoms with Crippen molar-refractivity contribution in [2.75, 3.05) is 13.6 Å². The average Bonchev–Trinajstić information content (AvgIpc) is 2.36. The van der Waals surface area contributed by atoms with E-state index in [9.17, 15) is 4.79 Å². The number of hydrogen-bond donors (Lipinski definition) is 2. The van der Waals surface area contributed by atoms with Crippen LogP contribution in [0.3, 0.4) is 0 Å². The minimum absolute atomic E-state index is 0. The van der Waals surface area contributed by atoms with Gasteiger partial charge in [0.25, 0.3) is 5.91 Å². The van der Waals surface area contributed by atoms with Crippen molar-refractivity contribution in [3.05, 3.63) is 30.3 Å². The van der Waals surface area contributed by atoms with Crippen molar-refractivity contribution in [2.24, 2.45) is 0 Å². The molecule has 0 aliphatic rings. The van der Waals surface area contributed by atoms with Crippen molar-refractivity contribution >= 4 is 18.3 Å². The van der Waals surface area contributed by atoms with Crippen LogP contribution in [0.4, 0.5) is 0 Å². The van der Waals surface area contributed by atoms with Gasteiger partial charge >= 0.3 is 0 Å². The lowest BCUT2D eigenvalue weighted by Crippen LogP contribution is -2.42. The van der Waals surface area contributed by atoms with Gasteiger partial charge in [-0.1, -0.05) is 18.2 Å². The number of likely N-dealkylation sites (N-methyl/N-ethyl adjacent to an activating group) is 1. The Hall–Kier alpha value is -1.26. The van der Waals surface area contributed by atoms with Crippen LogP contribution in [0.25, 0.3) is 0 Å². The number of ether oxygens (including phenoxy) is 1. The molecule has 2 N–H and O–H groups in total. The second-order valence-electron chi connectivity index (χ2n) is 4.01. The van der Waals surface area contributed by atoms with Gasteiger partial charge in [0, 0.05) is 12.6 Å². The van der Waals surface area contributed by atoms with Crippen LogP contribution in [0, 0.1) is 0 Å². The lowest BCUT2D eigenvalue weighted by atomic mass is 10.3. The smallest absolute Gasteiger partial charge is 0.260 e. The fourth-order valence-electron chi connectivity index (χ4n) is 1.26. The first-order chi connectivity index (χ1) is 8.13. The zero-order chi connectivity index (χ0) is 12.7. The van der Waals surface area contributed by atoms with E-state index in [1.54, 1.807) is 6.92 Å². The normalized spacial score (nSPS) is 13.1. The van der Waals surface area contributed by atoms with Gasteiger partial charge < -0.3 is 15.4 Å². The van der Waals surface area contributed by atoms with Crippen LogP contribution in [-0.2, 0) is 4.79 Å². The van der Waals surface area contributed by atoms with Crippen molar-refractivity contribution in [3.63, 3.8) is 0 Å². The first-order valence-electron chi connectivity index (χ1n) is 5.80. The van der Waals surface area contributed by atoms with E-state index in [-0.39, 0.29) is 24.4 Å². The number of rotatable bonds is 6. The Morgan fingerprint density at radius 3 is 2.44 bits per heavy atom. The second kappa shape index (κ2) is 8.78. The van der Waals surface area contributed by atoms with E-state index in [4.69, 9.17) is 4.74 Å². The molecule has 0 fully saturated rings. The van der Waals surface area contributed by atoms with Crippen molar-refractivity contribution in [1.29, 1.82) is 0 Å². The molecule has 0 aliphatic heterocycles. The summed E-state index contributed by atoms with van der Waals surface area (Å²) in [6, 6.07) is 9.58. The number of carbonyl (C=O) groups is 1. The zero-order valence-corrected chi connectivity index (χ0v) is 11.8. The first-order valence-corrected chi connectivity index (χ1v) is 5.80. The maximum absolute atomic E-state index is 11.7. The van der Waals surface area contributed by atoms with Crippen LogP contribution in [0.2, 0.25) is 0 Å². The van der Waals surface area contributed by atoms with Gasteiger partial charge in [0.05, 0.1) is 0 Å². The van der Waals surface area contributed by atoms with Gasteiger partial charge in [-0.25, -0.2) is 0 Å². The molecule has 1 aromatic rings. The fourth-order valence-corrected chi connectivity index (χ4v) is 1.26. The largest absolute Gasteiger partial charge is 0.481 e. The molecule has 1 rings (SSSR count). The maximum Gasteiger partial charge on any atom is 0.260 e. The molecule has 102 valence electrons. The lowest BCUT2D eigenvalue weighted by Gasteiger charge is -2.16. The second-order valence-corrected chi connectivity index (χ2v) is 4.01. The Morgan fingerprint density at radius 2 is 1.89 bits per heavy atom. The van der Waals surface area contributed by atoms with Crippen LogP contribution >= 0.6 is 12.4 Å². The van der Waals surface area contributed by atoms with Gasteiger partial charge in [-0.15, -0.1) is 12.4 Å². The molecular formula is C13H21ClN2O2. The van der Waals surface area contributed by atoms with Gasteiger partial charge in [0.2, 0.25) is 0 Å². The molecule has 0 aliphatic carbocycles. The van der Waals surface area contributed by atoms with Crippen LogP contribution in [-0.4, -0.2) is 31.6 Å². The molecular weight excluding hydrogens is 252 g/mol. The molecule has 4 nitrogen and oxygen atoms in total. The molecule has 0 saturated carbocycles. The predicted molar refractivity (Wildman–Crippen MR) is 75.3 cm³/mol. The summed E-state index contributed by atoms with van der Waals surface area (Å²) in [7, 11) is 1.86. The number of amides is 1. The molecule has 2 atom stereocenters. The van der Waals surface area contributed by atoms with Gasteiger partial charge in [0.15, 0.2) is 6.10 Å². The Bertz CT molecular complexity index is 346. The van der Waals surface area contributed by atoms with Gasteiger partial charge in [-0.3, -0.25) is 4.79 Å². The van der Waals surface area contributed by atoms with Gasteiger partial charge in [-0.05, 0) is 33.0 Å². The monoisotopic (exact) mass is 272 g/mol. The molecule has 0 saturated heterocycles. The van der Waals surface area contributed by atoms with Gasteiger partial charge in [0.1, 0.15) is 5.75 Å². The number of benzene rings is 1. The minimum atomic E-state index is -0.485. The van der Waals surface area contributed by atoms with Gasteiger partial charge in [-0.2, -0.15) is 0 Å². The SMILES string of the molecule is CNC(C)CNC(=O)C(C)Oc1ccccc1.Cl. The third kappa shape index (κ3) is 5.89. The van der Waals surface area contributed by atoms with Crippen LogP contribution < -0.4 is 15.4 Å². The Balaban J connectivity index is 0.00000289. The average molecular weight is 273 g/mol. The summed E-state index contributed by atoms with van der Waals surface area (Å²) in [5.74, 6) is 0.604. The van der Waals surface area contributed by atoms with Crippen molar-refractivity contribution in [1.82, 2.24) is 10.6 Å². The Labute approximate surface area is 115 Å². The highest BCUT2D eigenvalue weighted by Crippen LogP contribution is 2.10. The molecule has 0 heterocycles. The fraction of sp³-hybridized carbons (Fsp3) is 0.462. The molecule has 1 amide bonds. The van der Waals surface area contributed by atoms with E-state index >= 15 is 0 Å². The standard InChI is InChI=1S/C13H20N2O2.ClH/c1-10(14-3)9-15-13(16)11(2)17-12-7-5-4-6-8-12;/h4-8,10-11,14H,9H2,1-3H3,(H,15,16);1H. The summed E-state index contributed by atoms with van der Waals surface area (Å²) >= 11 is 0. The zero-order valence-electron chi connectivity index (χ0n) is 11.0. The summed E-state index contributed by atoms with van der Waals surface area (Å²) in [5.41, 5.74) is 0. The van der Waals surface area contributed by atoms with E-state index in [2.05, 4.69) is 10.6 Å². The summed E-state index contributed by atoms with van der Waals surface area (Å²) in [6.07, 6.45) is -0.485. The summed E-state index contributed by atoms with van der Waals surface area (Å²) in [6.45, 7) is 4.34. The minimum Gasteiger partial charge on any atom is -0.481 e. The summed E-state index contributed by atoms with van der Waals surface area (Å²) in [5, 5.41) is 5.88. The van der Waals surface area contributed by atoms with Crippen molar-refractivity contribution in [3.8, 4) is 5.75 Å². The number of halogens is 1. The van der Waals surface area contributed by atoms with E-state index < -0.39 is 6.10 Å². The molecule has 0 bridgehead atoms. The number of hydrogen-bond acceptors (Lipinski definition) is 3. The van der Waals surface area contributed by atoms with E-state index in [1.165, 1.54) is 0 Å². The number of para-hydroxylation sites is 1. The number of carbonyl (C=O) groups excluding carboxylic acids is 1. The molecule has 0 radical (unpaired) electrons. The number of nitrogens with one attached hydrogen (secondary N) is 2. The molecule has 0 aromatic heterocycles. The highest BCUT2D eigenvalue weighted by atomic mass is 35.5. The molecule has 18 heavy (non-hydrogen) atoms. The highest BCUT2D eigenvalue weighted by molar-refractivity contribution is 5.85. The van der Waals surface area contributed by atoms with E-state index in [0.717, 1.165) is 0 Å². The van der Waals surface area contributed by atoms with Crippen LogP contribution in [0.1, 0.15) is 13.8 Å². The maximum atomic E-state index is 11.7. The van der Waals surface area contributed by atoms with Crippen molar-refractivity contribution in [2.45, 2.75) is 26.0 Å². The summed E-state index contributed by atoms with van der Waals surface area (Å²) in [4.78, 5) is 11.7. The topological polar surface area (TPSA) is 50.4 Å². The molecule has 0 spiro atoms. The Kier molecular flexibility index (Phi) is 8.16. The van der Waals surface area contributed by atoms with E-state index in [1.807, 2.05) is 44.3 Å². The lowest BCUT2D eigenvalue weighted by molar-refractivity contribution is -0.127. The highest BCUT2D eigenvalue weighted by Gasteiger charge is 2.14. The van der Waals surface area contributed by atoms with E-state index in [0.29, 0.717) is 12.3 Å². The quantitative estimate of drug-likeness (QED) is 0.827. The van der Waals surface area contributed by atoms with Crippen LogP contribution in [0.15, 0.2) is 30.3 Å². The van der Waals surface area contributed by atoms with Crippen molar-refractivity contribution < 1.29 is 9.53 Å². The van der Waals surface area contributed by atoms with Crippen LogP contribution in [0.5, 0.6) is 5.75 Å². The molecule has 2 unspecified atom stereocenters. The summed E-state index contributed by atoms with van der Waals surface area (Å²) < 4.78 is 5.51. The molecule has 1 aromatic carbocycles.